The third-order valence-electron chi connectivity index (χ3n) is 5.39. The molecule has 3 aliphatic rings. The number of hydrogen-bond donors (Lipinski definition) is 2. The van der Waals surface area contributed by atoms with Gasteiger partial charge in [-0.2, -0.15) is 0 Å². The molecule has 0 spiro atoms. The lowest BCUT2D eigenvalue weighted by molar-refractivity contribution is 0.102. The molecule has 0 saturated heterocycles. The van der Waals surface area contributed by atoms with Crippen molar-refractivity contribution in [1.82, 2.24) is 19.9 Å². The summed E-state index contributed by atoms with van der Waals surface area (Å²) in [5, 5.41) is 3.96. The predicted octanol–water partition coefficient (Wildman–Crippen LogP) is 4.03. The van der Waals surface area contributed by atoms with Crippen molar-refractivity contribution >= 4 is 28.1 Å². The Labute approximate surface area is 168 Å². The van der Waals surface area contributed by atoms with Crippen LogP contribution >= 0.6 is 0 Å². The molecule has 0 unspecified atom stereocenters. The Balaban J connectivity index is 1.44. The third kappa shape index (κ3) is 3.39. The molecule has 0 aliphatic carbocycles. The van der Waals surface area contributed by atoms with E-state index in [9.17, 15) is 4.79 Å². The number of hydrogen-bond acceptors (Lipinski definition) is 4. The summed E-state index contributed by atoms with van der Waals surface area (Å²) in [4.78, 5) is 27.2. The van der Waals surface area contributed by atoms with E-state index >= 15 is 0 Å². The zero-order valence-corrected chi connectivity index (χ0v) is 16.1. The van der Waals surface area contributed by atoms with Crippen molar-refractivity contribution in [2.24, 2.45) is 0 Å². The number of rotatable bonds is 3. The number of fused-ring (bicyclic) bond motifs is 2. The van der Waals surface area contributed by atoms with E-state index in [1.807, 2.05) is 42.6 Å². The van der Waals surface area contributed by atoms with E-state index in [0.717, 1.165) is 53.1 Å². The zero-order chi connectivity index (χ0) is 19.8. The standard InChI is InChI=1S/C23H21N5O/c1-28-11-8-15(9-12-28)18-14-25-20-6-7-21(27-22(18)20)23(29)26-17-4-5-19-16(13-17)3-2-10-24-19/h2-8,10,13-14,27H,9,11-12H2,1H3,(H,26,29). The van der Waals surface area contributed by atoms with Crippen LogP contribution < -0.4 is 5.32 Å². The summed E-state index contributed by atoms with van der Waals surface area (Å²) >= 11 is 0. The summed E-state index contributed by atoms with van der Waals surface area (Å²) in [6, 6.07) is 13.2. The molecule has 3 aliphatic heterocycles. The van der Waals surface area contributed by atoms with Crippen molar-refractivity contribution < 1.29 is 4.79 Å². The lowest BCUT2D eigenvalue weighted by atomic mass is 9.99. The minimum Gasteiger partial charge on any atom is -0.349 e. The Morgan fingerprint density at radius 2 is 2.10 bits per heavy atom. The molecular formula is C23H21N5O. The highest BCUT2D eigenvalue weighted by Crippen LogP contribution is 2.32. The molecule has 29 heavy (non-hydrogen) atoms. The number of aromatic nitrogens is 3. The molecular weight excluding hydrogens is 362 g/mol. The van der Waals surface area contributed by atoms with Crippen molar-refractivity contribution in [3.05, 3.63) is 72.2 Å². The molecule has 4 heterocycles. The van der Waals surface area contributed by atoms with Gasteiger partial charge in [0.1, 0.15) is 5.69 Å². The minimum absolute atomic E-state index is 0.181. The van der Waals surface area contributed by atoms with Gasteiger partial charge >= 0.3 is 0 Å². The number of aromatic amines is 1. The number of likely N-dealkylation sites (N-methyl/N-ethyl adjacent to an activating group) is 1. The molecule has 1 aromatic carbocycles. The molecule has 2 N–H and O–H groups in total. The average Bonchev–Trinajstić information content (AvgIpc) is 3.17. The normalized spacial score (nSPS) is 14.9. The molecule has 0 atom stereocenters. The van der Waals surface area contributed by atoms with Crippen LogP contribution in [0.1, 0.15) is 22.5 Å². The highest BCUT2D eigenvalue weighted by molar-refractivity contribution is 6.04. The molecule has 1 aromatic heterocycles. The fourth-order valence-corrected chi connectivity index (χ4v) is 3.74. The lowest BCUT2D eigenvalue weighted by Crippen LogP contribution is -2.23. The summed E-state index contributed by atoms with van der Waals surface area (Å²) in [7, 11) is 2.12. The van der Waals surface area contributed by atoms with Gasteiger partial charge in [-0.15, -0.1) is 0 Å². The number of carbonyl (C=O) groups excluding carboxylic acids is 1. The second-order valence-corrected chi connectivity index (χ2v) is 7.41. The van der Waals surface area contributed by atoms with E-state index in [0.29, 0.717) is 5.69 Å². The van der Waals surface area contributed by atoms with Crippen molar-refractivity contribution in [3.63, 3.8) is 0 Å². The number of amides is 1. The van der Waals surface area contributed by atoms with Crippen molar-refractivity contribution in [2.75, 3.05) is 25.5 Å². The van der Waals surface area contributed by atoms with Crippen molar-refractivity contribution in [1.29, 1.82) is 0 Å². The maximum Gasteiger partial charge on any atom is 0.272 e. The summed E-state index contributed by atoms with van der Waals surface area (Å²) in [6.45, 7) is 1.95. The molecule has 0 radical (unpaired) electrons. The first-order chi connectivity index (χ1) is 14.2. The molecule has 5 rings (SSSR count). The SMILES string of the molecule is CN1CC=C(c2cnc3ccc(C(=O)Nc4ccc5ncccc5c4)[nH]c2-3)CC1. The van der Waals surface area contributed by atoms with Gasteiger partial charge in [0.25, 0.3) is 5.91 Å². The molecule has 0 bridgehead atoms. The first-order valence-electron chi connectivity index (χ1n) is 9.69. The number of nitrogens with zero attached hydrogens (tertiary/aromatic N) is 3. The monoisotopic (exact) mass is 383 g/mol. The number of pyridine rings is 2. The Bertz CT molecular complexity index is 1210. The van der Waals surface area contributed by atoms with Crippen molar-refractivity contribution in [2.45, 2.75) is 6.42 Å². The summed E-state index contributed by atoms with van der Waals surface area (Å²) in [5.74, 6) is -0.181. The van der Waals surface area contributed by atoms with Gasteiger partial charge in [-0.25, -0.2) is 0 Å². The Morgan fingerprint density at radius 1 is 1.17 bits per heavy atom. The van der Waals surface area contributed by atoms with Gasteiger partial charge in [0.2, 0.25) is 0 Å². The van der Waals surface area contributed by atoms with Gasteiger partial charge in [-0.3, -0.25) is 14.8 Å². The first kappa shape index (κ1) is 17.6. The van der Waals surface area contributed by atoms with Crippen LogP contribution in [-0.2, 0) is 0 Å². The van der Waals surface area contributed by atoms with Gasteiger partial charge < -0.3 is 15.2 Å². The highest BCUT2D eigenvalue weighted by atomic mass is 16.1. The Hall–Kier alpha value is -3.51. The fraction of sp³-hybridized carbons (Fsp3) is 0.174. The van der Waals surface area contributed by atoms with Gasteiger partial charge in [0, 0.05) is 42.1 Å². The molecule has 0 fully saturated rings. The van der Waals surface area contributed by atoms with E-state index in [1.165, 1.54) is 5.57 Å². The summed E-state index contributed by atoms with van der Waals surface area (Å²) < 4.78 is 0. The minimum atomic E-state index is -0.181. The van der Waals surface area contributed by atoms with Crippen LogP contribution in [0.3, 0.4) is 0 Å². The second-order valence-electron chi connectivity index (χ2n) is 7.41. The van der Waals surface area contributed by atoms with Crippen molar-refractivity contribution in [3.8, 4) is 11.4 Å². The molecule has 6 heteroatoms. The molecule has 6 nitrogen and oxygen atoms in total. The molecule has 0 saturated carbocycles. The van der Waals surface area contributed by atoms with E-state index in [-0.39, 0.29) is 5.91 Å². The van der Waals surface area contributed by atoms with Crippen LogP contribution in [0.2, 0.25) is 0 Å². The quantitative estimate of drug-likeness (QED) is 0.560. The van der Waals surface area contributed by atoms with Crippen LogP contribution in [-0.4, -0.2) is 45.9 Å². The van der Waals surface area contributed by atoms with E-state index < -0.39 is 0 Å². The Kier molecular flexibility index (Phi) is 4.33. The van der Waals surface area contributed by atoms with Crippen LogP contribution in [0.5, 0.6) is 0 Å². The maximum atomic E-state index is 12.8. The predicted molar refractivity (Wildman–Crippen MR) is 115 cm³/mol. The van der Waals surface area contributed by atoms with E-state index in [2.05, 4.69) is 38.3 Å². The number of H-pyrrole nitrogens is 1. The van der Waals surface area contributed by atoms with E-state index in [1.54, 1.807) is 12.3 Å². The molecule has 1 amide bonds. The number of benzene rings is 1. The molecule has 144 valence electrons. The Morgan fingerprint density at radius 3 is 2.97 bits per heavy atom. The van der Waals surface area contributed by atoms with Crippen LogP contribution in [0.4, 0.5) is 5.69 Å². The third-order valence-corrected chi connectivity index (χ3v) is 5.39. The number of carbonyl (C=O) groups is 1. The average molecular weight is 383 g/mol. The maximum absolute atomic E-state index is 12.8. The van der Waals surface area contributed by atoms with Gasteiger partial charge in [-0.05, 0) is 55.4 Å². The first-order valence-corrected chi connectivity index (χ1v) is 9.69. The van der Waals surface area contributed by atoms with Crippen LogP contribution in [0.25, 0.3) is 27.9 Å². The number of anilines is 1. The van der Waals surface area contributed by atoms with Crippen LogP contribution in [0.15, 0.2) is 60.9 Å². The lowest BCUT2D eigenvalue weighted by Gasteiger charge is -2.22. The highest BCUT2D eigenvalue weighted by Gasteiger charge is 2.19. The largest absolute Gasteiger partial charge is 0.349 e. The van der Waals surface area contributed by atoms with Crippen LogP contribution in [0, 0.1) is 0 Å². The second kappa shape index (κ2) is 7.14. The summed E-state index contributed by atoms with van der Waals surface area (Å²) in [6.07, 6.45) is 6.88. The molecule has 2 aromatic rings. The zero-order valence-electron chi connectivity index (χ0n) is 16.1. The van der Waals surface area contributed by atoms with Gasteiger partial charge in [-0.1, -0.05) is 12.1 Å². The topological polar surface area (TPSA) is 73.9 Å². The fourth-order valence-electron chi connectivity index (χ4n) is 3.74. The van der Waals surface area contributed by atoms with Gasteiger partial charge in [0.05, 0.1) is 16.9 Å². The van der Waals surface area contributed by atoms with Gasteiger partial charge in [0.15, 0.2) is 0 Å². The van der Waals surface area contributed by atoms with E-state index in [4.69, 9.17) is 0 Å². The smallest absolute Gasteiger partial charge is 0.272 e. The number of nitrogens with one attached hydrogen (secondary N) is 2. The summed E-state index contributed by atoms with van der Waals surface area (Å²) in [5.41, 5.74) is 6.29.